The minimum absolute atomic E-state index is 0.151. The summed E-state index contributed by atoms with van der Waals surface area (Å²) in [5.74, 6) is -0.151. The van der Waals surface area contributed by atoms with Gasteiger partial charge in [-0.2, -0.15) is 0 Å². The third-order valence-electron chi connectivity index (χ3n) is 4.63. The van der Waals surface area contributed by atoms with E-state index in [4.69, 9.17) is 0 Å². The molecule has 0 radical (unpaired) electrons. The molecule has 0 unspecified atom stereocenters. The Morgan fingerprint density at radius 1 is 1.10 bits per heavy atom. The predicted octanol–water partition coefficient (Wildman–Crippen LogP) is 3.32. The van der Waals surface area contributed by atoms with Crippen molar-refractivity contribution in [1.29, 1.82) is 0 Å². The summed E-state index contributed by atoms with van der Waals surface area (Å²) in [7, 11) is 0. The van der Waals surface area contributed by atoms with E-state index in [1.807, 2.05) is 12.1 Å². The Balaban J connectivity index is 1.73. The predicted molar refractivity (Wildman–Crippen MR) is 80.1 cm³/mol. The third-order valence-corrected chi connectivity index (χ3v) is 4.63. The van der Waals surface area contributed by atoms with Crippen LogP contribution in [-0.4, -0.2) is 29.1 Å². The van der Waals surface area contributed by atoms with Crippen LogP contribution < -0.4 is 5.32 Å². The van der Waals surface area contributed by atoms with E-state index in [0.29, 0.717) is 5.54 Å². The molecule has 1 saturated carbocycles. The van der Waals surface area contributed by atoms with Crippen LogP contribution in [0, 0.1) is 5.82 Å². The summed E-state index contributed by atoms with van der Waals surface area (Å²) in [6.07, 6.45) is 5.26. The number of rotatable bonds is 2. The van der Waals surface area contributed by atoms with Gasteiger partial charge < -0.3 is 5.32 Å². The second kappa shape index (κ2) is 5.12. The summed E-state index contributed by atoms with van der Waals surface area (Å²) in [5, 5.41) is 3.89. The molecule has 0 aromatic heterocycles. The van der Waals surface area contributed by atoms with E-state index in [1.54, 1.807) is 12.1 Å². The highest BCUT2D eigenvalue weighted by Gasteiger charge is 2.43. The van der Waals surface area contributed by atoms with Crippen molar-refractivity contribution in [2.45, 2.75) is 57.2 Å². The lowest BCUT2D eigenvalue weighted by atomic mass is 9.87. The van der Waals surface area contributed by atoms with Crippen LogP contribution in [0.15, 0.2) is 24.3 Å². The SMILES string of the molecule is CC1(C)CN(Cc2ccc(F)cc2)CC2(CCCC2)N1. The van der Waals surface area contributed by atoms with Gasteiger partial charge in [0.25, 0.3) is 0 Å². The summed E-state index contributed by atoms with van der Waals surface area (Å²) in [6.45, 7) is 7.68. The lowest BCUT2D eigenvalue weighted by molar-refractivity contribution is 0.0573. The Labute approximate surface area is 121 Å². The van der Waals surface area contributed by atoms with Crippen LogP contribution in [-0.2, 0) is 6.54 Å². The Kier molecular flexibility index (Phi) is 3.59. The molecule has 2 nitrogen and oxygen atoms in total. The molecule has 1 aliphatic carbocycles. The molecule has 2 fully saturated rings. The quantitative estimate of drug-likeness (QED) is 0.891. The van der Waals surface area contributed by atoms with Crippen molar-refractivity contribution in [2.75, 3.05) is 13.1 Å². The van der Waals surface area contributed by atoms with Crippen LogP contribution in [0.3, 0.4) is 0 Å². The van der Waals surface area contributed by atoms with E-state index in [0.717, 1.165) is 19.6 Å². The molecule has 1 aromatic rings. The van der Waals surface area contributed by atoms with Crippen molar-refractivity contribution in [3.05, 3.63) is 35.6 Å². The molecule has 0 bridgehead atoms. The number of piperazine rings is 1. The van der Waals surface area contributed by atoms with E-state index >= 15 is 0 Å². The van der Waals surface area contributed by atoms with E-state index in [2.05, 4.69) is 24.1 Å². The first-order valence-corrected chi connectivity index (χ1v) is 7.73. The van der Waals surface area contributed by atoms with Crippen LogP contribution in [0.4, 0.5) is 4.39 Å². The Morgan fingerprint density at radius 2 is 1.75 bits per heavy atom. The Hall–Kier alpha value is -0.930. The highest BCUT2D eigenvalue weighted by Crippen LogP contribution is 2.35. The Morgan fingerprint density at radius 3 is 2.40 bits per heavy atom. The first-order chi connectivity index (χ1) is 9.46. The van der Waals surface area contributed by atoms with E-state index in [-0.39, 0.29) is 11.4 Å². The molecule has 3 rings (SSSR count). The fourth-order valence-corrected chi connectivity index (χ4v) is 4.13. The van der Waals surface area contributed by atoms with Gasteiger partial charge in [0.1, 0.15) is 5.82 Å². The first kappa shape index (κ1) is 14.0. The van der Waals surface area contributed by atoms with Crippen LogP contribution in [0.1, 0.15) is 45.1 Å². The highest BCUT2D eigenvalue weighted by molar-refractivity contribution is 5.17. The molecule has 110 valence electrons. The number of nitrogens with zero attached hydrogens (tertiary/aromatic N) is 1. The normalized spacial score (nSPS) is 25.1. The van der Waals surface area contributed by atoms with Crippen LogP contribution in [0.2, 0.25) is 0 Å². The number of hydrogen-bond acceptors (Lipinski definition) is 2. The second-order valence-electron chi connectivity index (χ2n) is 7.27. The summed E-state index contributed by atoms with van der Waals surface area (Å²) in [6, 6.07) is 6.94. The zero-order valence-corrected chi connectivity index (χ0v) is 12.6. The standard InChI is InChI=1S/C17H25FN2/c1-16(2)12-20(11-14-5-7-15(18)8-6-14)13-17(19-16)9-3-4-10-17/h5-8,19H,3-4,9-13H2,1-2H3. The van der Waals surface area contributed by atoms with Crippen molar-refractivity contribution in [2.24, 2.45) is 0 Å². The van der Waals surface area contributed by atoms with Crippen LogP contribution in [0.25, 0.3) is 0 Å². The number of hydrogen-bond donors (Lipinski definition) is 1. The van der Waals surface area contributed by atoms with Gasteiger partial charge >= 0.3 is 0 Å². The van der Waals surface area contributed by atoms with Gasteiger partial charge in [-0.1, -0.05) is 25.0 Å². The van der Waals surface area contributed by atoms with Gasteiger partial charge in [-0.3, -0.25) is 4.90 Å². The molecule has 0 atom stereocenters. The smallest absolute Gasteiger partial charge is 0.123 e. The van der Waals surface area contributed by atoms with Gasteiger partial charge in [0.15, 0.2) is 0 Å². The van der Waals surface area contributed by atoms with Gasteiger partial charge in [0.2, 0.25) is 0 Å². The lowest BCUT2D eigenvalue weighted by Gasteiger charge is -2.50. The number of halogens is 1. The molecular weight excluding hydrogens is 251 g/mol. The second-order valence-corrected chi connectivity index (χ2v) is 7.27. The lowest BCUT2D eigenvalue weighted by Crippen LogP contribution is -2.67. The fraction of sp³-hybridized carbons (Fsp3) is 0.647. The number of nitrogens with one attached hydrogen (secondary N) is 1. The minimum Gasteiger partial charge on any atom is -0.304 e. The van der Waals surface area contributed by atoms with E-state index < -0.39 is 0 Å². The van der Waals surface area contributed by atoms with Gasteiger partial charge in [-0.25, -0.2) is 4.39 Å². The van der Waals surface area contributed by atoms with Crippen molar-refractivity contribution >= 4 is 0 Å². The molecule has 1 spiro atoms. The maximum Gasteiger partial charge on any atom is 0.123 e. The summed E-state index contributed by atoms with van der Waals surface area (Å²) in [5.41, 5.74) is 1.67. The highest BCUT2D eigenvalue weighted by atomic mass is 19.1. The summed E-state index contributed by atoms with van der Waals surface area (Å²) < 4.78 is 13.0. The molecule has 1 heterocycles. The molecule has 1 N–H and O–H groups in total. The van der Waals surface area contributed by atoms with Crippen LogP contribution in [0.5, 0.6) is 0 Å². The monoisotopic (exact) mass is 276 g/mol. The first-order valence-electron chi connectivity index (χ1n) is 7.73. The third kappa shape index (κ3) is 3.04. The Bertz CT molecular complexity index is 460. The van der Waals surface area contributed by atoms with Crippen molar-refractivity contribution < 1.29 is 4.39 Å². The average molecular weight is 276 g/mol. The van der Waals surface area contributed by atoms with Crippen molar-refractivity contribution in [3.63, 3.8) is 0 Å². The zero-order chi connectivity index (χ0) is 14.2. The zero-order valence-electron chi connectivity index (χ0n) is 12.6. The van der Waals surface area contributed by atoms with E-state index in [9.17, 15) is 4.39 Å². The average Bonchev–Trinajstić information content (AvgIpc) is 2.77. The van der Waals surface area contributed by atoms with E-state index in [1.165, 1.54) is 31.2 Å². The topological polar surface area (TPSA) is 15.3 Å². The molecule has 3 heteroatoms. The van der Waals surface area contributed by atoms with Gasteiger partial charge in [0.05, 0.1) is 0 Å². The van der Waals surface area contributed by atoms with Gasteiger partial charge in [0, 0.05) is 30.7 Å². The molecule has 20 heavy (non-hydrogen) atoms. The van der Waals surface area contributed by atoms with Crippen LogP contribution >= 0.6 is 0 Å². The molecule has 1 aromatic carbocycles. The van der Waals surface area contributed by atoms with Crippen molar-refractivity contribution in [1.82, 2.24) is 10.2 Å². The fourth-order valence-electron chi connectivity index (χ4n) is 4.13. The summed E-state index contributed by atoms with van der Waals surface area (Å²) >= 11 is 0. The molecule has 0 amide bonds. The molecule has 1 saturated heterocycles. The summed E-state index contributed by atoms with van der Waals surface area (Å²) in [4.78, 5) is 2.54. The molecular formula is C17H25FN2. The minimum atomic E-state index is -0.151. The van der Waals surface area contributed by atoms with Gasteiger partial charge in [-0.05, 0) is 44.4 Å². The van der Waals surface area contributed by atoms with Crippen molar-refractivity contribution in [3.8, 4) is 0 Å². The number of benzene rings is 1. The largest absolute Gasteiger partial charge is 0.304 e. The molecule has 2 aliphatic rings. The maximum atomic E-state index is 13.0. The van der Waals surface area contributed by atoms with Gasteiger partial charge in [-0.15, -0.1) is 0 Å². The molecule has 1 aliphatic heterocycles. The maximum absolute atomic E-state index is 13.0.